The van der Waals surface area contributed by atoms with Gasteiger partial charge in [-0.1, -0.05) is 176 Å². The number of fused-ring (bicyclic) bond motifs is 7. The number of hydrogen-bond acceptors (Lipinski definition) is 2. The van der Waals surface area contributed by atoms with Crippen molar-refractivity contribution in [1.82, 2.24) is 18.7 Å². The number of hydrogen-bond donors (Lipinski definition) is 0. The second-order valence-corrected chi connectivity index (χ2v) is 18.6. The third-order valence-electron chi connectivity index (χ3n) is 14.5. The Kier molecular flexibility index (Phi) is 9.84. The van der Waals surface area contributed by atoms with Crippen LogP contribution >= 0.6 is 0 Å². The highest BCUT2D eigenvalue weighted by Crippen LogP contribution is 2.46. The fourth-order valence-electron chi connectivity index (χ4n) is 11.1. The van der Waals surface area contributed by atoms with Gasteiger partial charge < -0.3 is 9.13 Å². The SMILES string of the molecule is N#Cc1ccc(-c2nc3ccccc3n2-c2ccccc2)c(-n2c3ccc(-c4ccccc4)cc3c3cc(-c4ccccc4)ccc32)c1-n1c2ccc(-c3ccccc3)cc2c2cc(-c3ccccc3)ccc21. The topological polar surface area (TPSA) is 51.5 Å². The molecule has 0 fully saturated rings. The molecular weight excluding hydrogens is 887 g/mol. The van der Waals surface area contributed by atoms with Crippen LogP contribution in [0, 0.1) is 11.3 Å². The maximum Gasteiger partial charge on any atom is 0.147 e. The standard InChI is InChI=1S/C68H43N5/c69-44-53-30-35-55(68-70-60-28-16-17-29-65(60)71(68)54-26-14-5-15-27-54)67(73-63-38-33-51(47-22-10-3-11-23-47)42-58(63)59-43-52(34-39-64(59)73)48-24-12-4-13-25-48)66(53)72-61-36-31-49(45-18-6-1-7-19-45)40-56(61)57-41-50(32-37-62(57)72)46-20-8-2-9-21-46/h1-43H. The van der Waals surface area contributed by atoms with Crippen LogP contribution in [0.3, 0.4) is 0 Å². The maximum absolute atomic E-state index is 11.6. The lowest BCUT2D eigenvalue weighted by Gasteiger charge is -2.22. The minimum Gasteiger partial charge on any atom is -0.306 e. The Labute approximate surface area is 422 Å². The second kappa shape index (κ2) is 17.1. The van der Waals surface area contributed by atoms with Crippen LogP contribution in [0.4, 0.5) is 0 Å². The van der Waals surface area contributed by atoms with Gasteiger partial charge in [-0.15, -0.1) is 0 Å². The van der Waals surface area contributed by atoms with Crippen LogP contribution < -0.4 is 0 Å². The number of benzene rings is 11. The number of nitrogens with zero attached hydrogens (tertiary/aromatic N) is 5. The zero-order valence-corrected chi connectivity index (χ0v) is 39.6. The van der Waals surface area contributed by atoms with Gasteiger partial charge in [-0.25, -0.2) is 4.98 Å². The predicted octanol–water partition coefficient (Wildman–Crippen LogP) is 17.4. The van der Waals surface area contributed by atoms with E-state index in [9.17, 15) is 5.26 Å². The summed E-state index contributed by atoms with van der Waals surface area (Å²) in [5.41, 5.74) is 18.9. The van der Waals surface area contributed by atoms with E-state index >= 15 is 0 Å². The first-order chi connectivity index (χ1) is 36.2. The highest BCUT2D eigenvalue weighted by molar-refractivity contribution is 6.15. The van der Waals surface area contributed by atoms with E-state index in [1.165, 1.54) is 0 Å². The molecule has 14 rings (SSSR count). The van der Waals surface area contributed by atoms with Crippen LogP contribution in [0.15, 0.2) is 261 Å². The molecule has 3 heterocycles. The number of nitriles is 1. The van der Waals surface area contributed by atoms with E-state index in [1.807, 2.05) is 18.2 Å². The van der Waals surface area contributed by atoms with Crippen molar-refractivity contribution in [2.75, 3.05) is 0 Å². The molecule has 0 N–H and O–H groups in total. The Morgan fingerprint density at radius 2 is 0.671 bits per heavy atom. The van der Waals surface area contributed by atoms with E-state index in [0.29, 0.717) is 5.56 Å². The summed E-state index contributed by atoms with van der Waals surface area (Å²) in [5.74, 6) is 0.767. The lowest BCUT2D eigenvalue weighted by molar-refractivity contribution is 1.06. The zero-order chi connectivity index (χ0) is 48.4. The Morgan fingerprint density at radius 1 is 0.301 bits per heavy atom. The molecule has 0 saturated heterocycles. The molecule has 5 heteroatoms. The first kappa shape index (κ1) is 41.9. The van der Waals surface area contributed by atoms with Crippen LogP contribution in [0.25, 0.3) is 128 Å². The molecule has 0 aliphatic heterocycles. The third kappa shape index (κ3) is 6.88. The first-order valence-electron chi connectivity index (χ1n) is 24.7. The van der Waals surface area contributed by atoms with Crippen molar-refractivity contribution in [2.45, 2.75) is 0 Å². The van der Waals surface area contributed by atoms with Gasteiger partial charge in [-0.3, -0.25) is 4.57 Å². The van der Waals surface area contributed by atoms with Crippen LogP contribution in [-0.4, -0.2) is 18.7 Å². The van der Waals surface area contributed by atoms with Gasteiger partial charge in [0, 0.05) is 32.8 Å². The van der Waals surface area contributed by atoms with E-state index in [4.69, 9.17) is 4.98 Å². The molecule has 0 bridgehead atoms. The second-order valence-electron chi connectivity index (χ2n) is 18.6. The lowest BCUT2D eigenvalue weighted by atomic mass is 10.0. The first-order valence-corrected chi connectivity index (χ1v) is 24.7. The number of imidazole rings is 1. The Balaban J connectivity index is 1.16. The number of aromatic nitrogens is 4. The minimum atomic E-state index is 0.538. The summed E-state index contributed by atoms with van der Waals surface area (Å²) in [7, 11) is 0. The zero-order valence-electron chi connectivity index (χ0n) is 39.6. The van der Waals surface area contributed by atoms with Crippen molar-refractivity contribution in [2.24, 2.45) is 0 Å². The lowest BCUT2D eigenvalue weighted by Crippen LogP contribution is -2.10. The van der Waals surface area contributed by atoms with Crippen molar-refractivity contribution in [1.29, 1.82) is 5.26 Å². The van der Waals surface area contributed by atoms with Gasteiger partial charge in [-0.2, -0.15) is 5.26 Å². The predicted molar refractivity (Wildman–Crippen MR) is 302 cm³/mol. The van der Waals surface area contributed by atoms with Crippen LogP contribution in [0.1, 0.15) is 5.56 Å². The molecule has 0 spiro atoms. The molecule has 0 atom stereocenters. The highest BCUT2D eigenvalue weighted by atomic mass is 15.1. The quantitative estimate of drug-likeness (QED) is 0.152. The molecule has 73 heavy (non-hydrogen) atoms. The average molecular weight is 930 g/mol. The largest absolute Gasteiger partial charge is 0.306 e. The van der Waals surface area contributed by atoms with Crippen LogP contribution in [0.5, 0.6) is 0 Å². The van der Waals surface area contributed by atoms with Gasteiger partial charge in [0.05, 0.1) is 50.0 Å². The summed E-state index contributed by atoms with van der Waals surface area (Å²) >= 11 is 0. The monoisotopic (exact) mass is 929 g/mol. The van der Waals surface area contributed by atoms with E-state index in [0.717, 1.165) is 128 Å². The number of para-hydroxylation sites is 3. The van der Waals surface area contributed by atoms with E-state index in [-0.39, 0.29) is 0 Å². The van der Waals surface area contributed by atoms with Crippen molar-refractivity contribution in [3.8, 4) is 79.0 Å². The molecular formula is C68H43N5. The highest BCUT2D eigenvalue weighted by Gasteiger charge is 2.29. The Morgan fingerprint density at radius 3 is 1.08 bits per heavy atom. The molecule has 0 saturated carbocycles. The third-order valence-corrected chi connectivity index (χ3v) is 14.5. The molecule has 5 nitrogen and oxygen atoms in total. The fraction of sp³-hybridized carbons (Fsp3) is 0. The van der Waals surface area contributed by atoms with Gasteiger partial charge in [0.2, 0.25) is 0 Å². The van der Waals surface area contributed by atoms with Crippen LogP contribution in [-0.2, 0) is 0 Å². The van der Waals surface area contributed by atoms with E-state index in [1.54, 1.807) is 0 Å². The van der Waals surface area contributed by atoms with Gasteiger partial charge in [0.25, 0.3) is 0 Å². The summed E-state index contributed by atoms with van der Waals surface area (Å²) < 4.78 is 7.02. The molecule has 340 valence electrons. The molecule has 0 aliphatic rings. The summed E-state index contributed by atoms with van der Waals surface area (Å²) in [5, 5.41) is 16.0. The minimum absolute atomic E-state index is 0.538. The van der Waals surface area contributed by atoms with Crippen LogP contribution in [0.2, 0.25) is 0 Å². The molecule has 0 radical (unpaired) electrons. The summed E-state index contributed by atoms with van der Waals surface area (Å²) in [4.78, 5) is 5.55. The normalized spacial score (nSPS) is 11.5. The molecule has 0 aliphatic carbocycles. The average Bonchev–Trinajstić information content (AvgIpc) is 4.13. The van der Waals surface area contributed by atoms with E-state index in [2.05, 4.69) is 262 Å². The summed E-state index contributed by atoms with van der Waals surface area (Å²) in [6, 6.07) is 95.2. The molecule has 3 aromatic heterocycles. The van der Waals surface area contributed by atoms with Gasteiger partial charge in [0.15, 0.2) is 0 Å². The van der Waals surface area contributed by atoms with Crippen molar-refractivity contribution in [3.63, 3.8) is 0 Å². The Hall–Kier alpha value is -10.0. The van der Waals surface area contributed by atoms with Crippen molar-refractivity contribution < 1.29 is 0 Å². The van der Waals surface area contributed by atoms with Crippen molar-refractivity contribution >= 4 is 54.6 Å². The molecule has 14 aromatic rings. The Bertz CT molecular complexity index is 4270. The van der Waals surface area contributed by atoms with E-state index < -0.39 is 0 Å². The summed E-state index contributed by atoms with van der Waals surface area (Å²) in [6.45, 7) is 0. The maximum atomic E-state index is 11.6. The van der Waals surface area contributed by atoms with Crippen molar-refractivity contribution in [3.05, 3.63) is 266 Å². The van der Waals surface area contributed by atoms with Gasteiger partial charge in [-0.05, 0) is 129 Å². The number of rotatable bonds is 8. The summed E-state index contributed by atoms with van der Waals surface area (Å²) in [6.07, 6.45) is 0. The molecule has 11 aromatic carbocycles. The smallest absolute Gasteiger partial charge is 0.147 e. The fourth-order valence-corrected chi connectivity index (χ4v) is 11.1. The molecule has 0 unspecified atom stereocenters. The van der Waals surface area contributed by atoms with Gasteiger partial charge >= 0.3 is 0 Å². The molecule has 0 amide bonds. The van der Waals surface area contributed by atoms with Gasteiger partial charge in [0.1, 0.15) is 11.9 Å².